The average molecular weight is 278 g/mol. The summed E-state index contributed by atoms with van der Waals surface area (Å²) in [6, 6.07) is 6.69. The Bertz CT molecular complexity index is 598. The Morgan fingerprint density at radius 1 is 1.45 bits per heavy atom. The first-order valence-corrected chi connectivity index (χ1v) is 6.19. The second-order valence-corrected chi connectivity index (χ2v) is 4.18. The summed E-state index contributed by atoms with van der Waals surface area (Å²) in [7, 11) is 1.70. The highest BCUT2D eigenvalue weighted by Gasteiger charge is 2.16. The number of esters is 1. The minimum Gasteiger partial charge on any atom is -0.461 e. The molecule has 5 nitrogen and oxygen atoms in total. The summed E-state index contributed by atoms with van der Waals surface area (Å²) in [5, 5.41) is 0. The molecule has 0 aliphatic heterocycles. The molecule has 0 N–H and O–H groups in total. The van der Waals surface area contributed by atoms with Crippen molar-refractivity contribution in [3.05, 3.63) is 47.6 Å². The lowest BCUT2D eigenvalue weighted by Crippen LogP contribution is -2.18. The number of carbonyl (C=O) groups is 1. The lowest BCUT2D eigenvalue weighted by atomic mass is 10.2. The number of anilines is 1. The third kappa shape index (κ3) is 3.14. The highest BCUT2D eigenvalue weighted by Crippen LogP contribution is 2.17. The van der Waals surface area contributed by atoms with Crippen LogP contribution < -0.4 is 4.90 Å². The van der Waals surface area contributed by atoms with E-state index >= 15 is 0 Å². The van der Waals surface area contributed by atoms with Crippen LogP contribution in [0, 0.1) is 5.82 Å². The summed E-state index contributed by atoms with van der Waals surface area (Å²) in [5.41, 5.74) is 0.619. The minimum absolute atomic E-state index is 0.0993. The Balaban J connectivity index is 2.08. The Labute approximate surface area is 116 Å². The van der Waals surface area contributed by atoms with Crippen LogP contribution in [0.25, 0.3) is 0 Å². The van der Waals surface area contributed by atoms with Gasteiger partial charge >= 0.3 is 5.97 Å². The first-order valence-electron chi connectivity index (χ1n) is 6.19. The van der Waals surface area contributed by atoms with Gasteiger partial charge in [-0.2, -0.15) is 4.98 Å². The lowest BCUT2D eigenvalue weighted by molar-refractivity contribution is 0.0519. The maximum Gasteiger partial charge on any atom is 0.360 e. The smallest absolute Gasteiger partial charge is 0.360 e. The van der Waals surface area contributed by atoms with Crippen LogP contribution in [-0.4, -0.2) is 24.6 Å². The number of rotatable bonds is 5. The molecule has 0 aliphatic carbocycles. The Kier molecular flexibility index (Phi) is 4.34. The number of ether oxygens (including phenoxy) is 1. The molecule has 1 heterocycles. The van der Waals surface area contributed by atoms with Gasteiger partial charge in [0.1, 0.15) is 12.1 Å². The van der Waals surface area contributed by atoms with Gasteiger partial charge in [-0.3, -0.25) is 0 Å². The molecule has 6 heteroatoms. The number of aromatic nitrogens is 1. The van der Waals surface area contributed by atoms with Crippen molar-refractivity contribution in [1.82, 2.24) is 4.98 Å². The van der Waals surface area contributed by atoms with Crippen molar-refractivity contribution >= 4 is 12.0 Å². The van der Waals surface area contributed by atoms with Crippen LogP contribution in [0.15, 0.2) is 34.9 Å². The van der Waals surface area contributed by atoms with Crippen LogP contribution in [-0.2, 0) is 11.3 Å². The van der Waals surface area contributed by atoms with E-state index in [1.54, 1.807) is 37.1 Å². The van der Waals surface area contributed by atoms with E-state index in [1.165, 1.54) is 12.3 Å². The largest absolute Gasteiger partial charge is 0.461 e. The van der Waals surface area contributed by atoms with Crippen molar-refractivity contribution in [2.45, 2.75) is 13.5 Å². The van der Waals surface area contributed by atoms with Gasteiger partial charge in [-0.25, -0.2) is 9.18 Å². The summed E-state index contributed by atoms with van der Waals surface area (Å²) in [6.07, 6.45) is 1.23. The second-order valence-electron chi connectivity index (χ2n) is 4.18. The van der Waals surface area contributed by atoms with Crippen molar-refractivity contribution < 1.29 is 18.3 Å². The monoisotopic (exact) mass is 278 g/mol. The second kappa shape index (κ2) is 6.18. The van der Waals surface area contributed by atoms with Gasteiger partial charge in [-0.15, -0.1) is 0 Å². The highest BCUT2D eigenvalue weighted by atomic mass is 19.1. The molecule has 0 aliphatic rings. The highest BCUT2D eigenvalue weighted by molar-refractivity contribution is 5.87. The predicted octanol–water partition coefficient (Wildman–Crippen LogP) is 2.63. The molecule has 0 saturated heterocycles. The molecule has 0 bridgehead atoms. The van der Waals surface area contributed by atoms with Crippen LogP contribution in [0.3, 0.4) is 0 Å². The molecule has 0 unspecified atom stereocenters. The fourth-order valence-corrected chi connectivity index (χ4v) is 1.69. The molecule has 2 rings (SSSR count). The van der Waals surface area contributed by atoms with E-state index in [2.05, 4.69) is 4.98 Å². The van der Waals surface area contributed by atoms with Gasteiger partial charge in [0.15, 0.2) is 5.69 Å². The first-order chi connectivity index (χ1) is 9.61. The molecule has 0 atom stereocenters. The summed E-state index contributed by atoms with van der Waals surface area (Å²) in [5.74, 6) is -0.835. The van der Waals surface area contributed by atoms with Crippen molar-refractivity contribution in [1.29, 1.82) is 0 Å². The minimum atomic E-state index is -0.540. The fourth-order valence-electron chi connectivity index (χ4n) is 1.69. The number of halogens is 1. The van der Waals surface area contributed by atoms with E-state index in [1.807, 2.05) is 0 Å². The Morgan fingerprint density at radius 3 is 2.90 bits per heavy atom. The molecule has 0 amide bonds. The van der Waals surface area contributed by atoms with Crippen molar-refractivity contribution in [2.24, 2.45) is 0 Å². The van der Waals surface area contributed by atoms with Gasteiger partial charge in [0.05, 0.1) is 6.61 Å². The maximum absolute atomic E-state index is 13.5. The first kappa shape index (κ1) is 14.0. The van der Waals surface area contributed by atoms with Crippen LogP contribution in [0.5, 0.6) is 0 Å². The van der Waals surface area contributed by atoms with Crippen LogP contribution in [0.2, 0.25) is 0 Å². The lowest BCUT2D eigenvalue weighted by Gasteiger charge is -2.14. The standard InChI is InChI=1S/C14H15FN2O3/c1-3-19-13(18)12-9-20-14(16-12)17(2)8-10-6-4-5-7-11(10)15/h4-7,9H,3,8H2,1-2H3. The van der Waals surface area contributed by atoms with Gasteiger partial charge in [0.2, 0.25) is 0 Å². The third-order valence-corrected chi connectivity index (χ3v) is 2.67. The number of benzene rings is 1. The van der Waals surface area contributed by atoms with Crippen molar-refractivity contribution in [3.63, 3.8) is 0 Å². The fraction of sp³-hybridized carbons (Fsp3) is 0.286. The SMILES string of the molecule is CCOC(=O)c1coc(N(C)Cc2ccccc2F)n1. The van der Waals surface area contributed by atoms with Gasteiger partial charge in [-0.1, -0.05) is 18.2 Å². The zero-order chi connectivity index (χ0) is 14.5. The maximum atomic E-state index is 13.5. The van der Waals surface area contributed by atoms with Gasteiger partial charge in [-0.05, 0) is 13.0 Å². The van der Waals surface area contributed by atoms with E-state index in [0.29, 0.717) is 5.56 Å². The van der Waals surface area contributed by atoms with Gasteiger partial charge in [0.25, 0.3) is 6.01 Å². The predicted molar refractivity (Wildman–Crippen MR) is 71.0 cm³/mol. The summed E-state index contributed by atoms with van der Waals surface area (Å²) in [4.78, 5) is 17.1. The molecular formula is C14H15FN2O3. The van der Waals surface area contributed by atoms with E-state index in [-0.39, 0.29) is 30.7 Å². The molecule has 20 heavy (non-hydrogen) atoms. The van der Waals surface area contributed by atoms with Crippen molar-refractivity contribution in [2.75, 3.05) is 18.6 Å². The van der Waals surface area contributed by atoms with E-state index in [4.69, 9.17) is 9.15 Å². The Hall–Kier alpha value is -2.37. The molecular weight excluding hydrogens is 263 g/mol. The average Bonchev–Trinajstić information content (AvgIpc) is 2.91. The number of hydrogen-bond acceptors (Lipinski definition) is 5. The normalized spacial score (nSPS) is 10.3. The van der Waals surface area contributed by atoms with E-state index in [0.717, 1.165) is 0 Å². The number of hydrogen-bond donors (Lipinski definition) is 0. The zero-order valence-corrected chi connectivity index (χ0v) is 11.3. The van der Waals surface area contributed by atoms with E-state index in [9.17, 15) is 9.18 Å². The molecule has 0 spiro atoms. The quantitative estimate of drug-likeness (QED) is 0.787. The van der Waals surface area contributed by atoms with Gasteiger partial charge in [0, 0.05) is 19.2 Å². The van der Waals surface area contributed by atoms with Crippen LogP contribution in [0.4, 0.5) is 10.4 Å². The topological polar surface area (TPSA) is 55.6 Å². The van der Waals surface area contributed by atoms with Crippen LogP contribution >= 0.6 is 0 Å². The number of nitrogens with zero attached hydrogens (tertiary/aromatic N) is 2. The molecule has 1 aromatic heterocycles. The summed E-state index contributed by atoms with van der Waals surface area (Å²) < 4.78 is 23.6. The Morgan fingerprint density at radius 2 is 2.20 bits per heavy atom. The van der Waals surface area contributed by atoms with E-state index < -0.39 is 5.97 Å². The number of carbonyl (C=O) groups excluding carboxylic acids is 1. The molecule has 0 saturated carbocycles. The molecule has 1 aromatic carbocycles. The number of oxazole rings is 1. The molecule has 2 aromatic rings. The molecule has 0 fully saturated rings. The summed E-state index contributed by atoms with van der Waals surface area (Å²) >= 11 is 0. The molecule has 0 radical (unpaired) electrons. The van der Waals surface area contributed by atoms with Crippen molar-refractivity contribution in [3.8, 4) is 0 Å². The molecule has 106 valence electrons. The zero-order valence-electron chi connectivity index (χ0n) is 11.3. The van der Waals surface area contributed by atoms with Crippen LogP contribution in [0.1, 0.15) is 23.0 Å². The van der Waals surface area contributed by atoms with Gasteiger partial charge < -0.3 is 14.1 Å². The summed E-state index contributed by atoms with van der Waals surface area (Å²) in [6.45, 7) is 2.27. The third-order valence-electron chi connectivity index (χ3n) is 2.67.